The smallest absolute Gasteiger partial charge is 0.106 e. The van der Waals surface area contributed by atoms with Gasteiger partial charge in [0.1, 0.15) is 5.82 Å². The van der Waals surface area contributed by atoms with Crippen LogP contribution in [0.4, 0.5) is 0 Å². The van der Waals surface area contributed by atoms with Gasteiger partial charge in [0.2, 0.25) is 0 Å². The van der Waals surface area contributed by atoms with E-state index in [9.17, 15) is 0 Å². The van der Waals surface area contributed by atoms with E-state index in [-0.39, 0.29) is 6.61 Å². The Morgan fingerprint density at radius 2 is 2.27 bits per heavy atom. The van der Waals surface area contributed by atoms with Crippen molar-refractivity contribution in [2.45, 2.75) is 33.4 Å². The van der Waals surface area contributed by atoms with Crippen LogP contribution in [0.2, 0.25) is 0 Å². The van der Waals surface area contributed by atoms with Crippen LogP contribution in [0, 0.1) is 6.92 Å². The summed E-state index contributed by atoms with van der Waals surface area (Å²) in [5.74, 6) is 0.962. The van der Waals surface area contributed by atoms with Crippen LogP contribution in [0.15, 0.2) is 6.20 Å². The van der Waals surface area contributed by atoms with Crippen molar-refractivity contribution in [3.63, 3.8) is 0 Å². The Morgan fingerprint density at radius 1 is 1.64 bits per heavy atom. The molecule has 0 aliphatic carbocycles. The second kappa shape index (κ2) is 3.05. The van der Waals surface area contributed by atoms with Gasteiger partial charge in [0, 0.05) is 6.04 Å². The van der Waals surface area contributed by atoms with Crippen LogP contribution in [-0.4, -0.2) is 14.7 Å². The molecule has 62 valence electrons. The van der Waals surface area contributed by atoms with Gasteiger partial charge in [-0.3, -0.25) is 0 Å². The highest BCUT2D eigenvalue weighted by molar-refractivity contribution is 5.04. The molecule has 0 atom stereocenters. The van der Waals surface area contributed by atoms with E-state index < -0.39 is 0 Å². The fourth-order valence-electron chi connectivity index (χ4n) is 1.32. The number of rotatable bonds is 2. The Labute approximate surface area is 66.7 Å². The number of nitrogens with zero attached hydrogens (tertiary/aromatic N) is 2. The molecule has 1 heterocycles. The summed E-state index contributed by atoms with van der Waals surface area (Å²) in [6.45, 7) is 6.17. The first-order valence-corrected chi connectivity index (χ1v) is 3.80. The molecule has 1 rings (SSSR count). The van der Waals surface area contributed by atoms with Gasteiger partial charge in [-0.1, -0.05) is 0 Å². The van der Waals surface area contributed by atoms with Crippen molar-refractivity contribution in [3.05, 3.63) is 17.7 Å². The number of aryl methyl sites for hydroxylation is 1. The number of aliphatic hydroxyl groups excluding tert-OH is 1. The van der Waals surface area contributed by atoms with Gasteiger partial charge in [-0.2, -0.15) is 0 Å². The SMILES string of the molecule is Cc1ncc(CO)n1C(C)C. The highest BCUT2D eigenvalue weighted by Gasteiger charge is 2.07. The summed E-state index contributed by atoms with van der Waals surface area (Å²) in [5, 5.41) is 8.92. The van der Waals surface area contributed by atoms with Crippen molar-refractivity contribution >= 4 is 0 Å². The number of imidazole rings is 1. The Bertz CT molecular complexity index is 240. The Balaban J connectivity index is 3.07. The van der Waals surface area contributed by atoms with Crippen LogP contribution in [-0.2, 0) is 6.61 Å². The molecule has 1 N–H and O–H groups in total. The molecule has 0 spiro atoms. The summed E-state index contributed by atoms with van der Waals surface area (Å²) < 4.78 is 2.03. The molecule has 11 heavy (non-hydrogen) atoms. The lowest BCUT2D eigenvalue weighted by molar-refractivity contribution is 0.267. The molecule has 0 radical (unpaired) electrons. The van der Waals surface area contributed by atoms with Gasteiger partial charge < -0.3 is 9.67 Å². The van der Waals surface area contributed by atoms with E-state index in [4.69, 9.17) is 5.11 Å². The van der Waals surface area contributed by atoms with Crippen LogP contribution in [0.1, 0.15) is 31.4 Å². The van der Waals surface area contributed by atoms with Gasteiger partial charge in [-0.05, 0) is 20.8 Å². The molecular formula is C8H14N2O. The number of hydrogen-bond acceptors (Lipinski definition) is 2. The summed E-state index contributed by atoms with van der Waals surface area (Å²) in [7, 11) is 0. The van der Waals surface area contributed by atoms with Gasteiger partial charge in [-0.15, -0.1) is 0 Å². The summed E-state index contributed by atoms with van der Waals surface area (Å²) >= 11 is 0. The minimum Gasteiger partial charge on any atom is -0.390 e. The van der Waals surface area contributed by atoms with E-state index in [2.05, 4.69) is 18.8 Å². The Morgan fingerprint density at radius 3 is 2.64 bits per heavy atom. The van der Waals surface area contributed by atoms with E-state index in [1.165, 1.54) is 0 Å². The summed E-state index contributed by atoms with van der Waals surface area (Å²) in [5.41, 5.74) is 0.887. The second-order valence-electron chi connectivity index (χ2n) is 2.92. The predicted molar refractivity (Wildman–Crippen MR) is 43.3 cm³/mol. The molecule has 3 nitrogen and oxygen atoms in total. The van der Waals surface area contributed by atoms with E-state index in [0.717, 1.165) is 11.5 Å². The fourth-order valence-corrected chi connectivity index (χ4v) is 1.32. The molecule has 0 saturated heterocycles. The minimum absolute atomic E-state index is 0.0685. The van der Waals surface area contributed by atoms with Crippen molar-refractivity contribution in [2.75, 3.05) is 0 Å². The van der Waals surface area contributed by atoms with Crippen LogP contribution >= 0.6 is 0 Å². The summed E-state index contributed by atoms with van der Waals surface area (Å²) in [6, 6.07) is 0.375. The predicted octanol–water partition coefficient (Wildman–Crippen LogP) is 1.26. The van der Waals surface area contributed by atoms with Gasteiger partial charge in [-0.25, -0.2) is 4.98 Å². The molecule has 0 amide bonds. The molecule has 0 aliphatic heterocycles. The minimum atomic E-state index is 0.0685. The number of aliphatic hydroxyl groups is 1. The number of hydrogen-bond donors (Lipinski definition) is 1. The molecule has 0 aromatic carbocycles. The molecule has 1 aromatic rings. The topological polar surface area (TPSA) is 38.1 Å². The summed E-state index contributed by atoms with van der Waals surface area (Å²) in [6.07, 6.45) is 1.72. The fraction of sp³-hybridized carbons (Fsp3) is 0.625. The third-order valence-electron chi connectivity index (χ3n) is 1.74. The van der Waals surface area contributed by atoms with E-state index in [1.54, 1.807) is 6.20 Å². The lowest BCUT2D eigenvalue weighted by Crippen LogP contribution is -2.07. The van der Waals surface area contributed by atoms with Gasteiger partial charge in [0.25, 0.3) is 0 Å². The third kappa shape index (κ3) is 1.43. The van der Waals surface area contributed by atoms with E-state index in [1.807, 2.05) is 11.5 Å². The molecule has 1 aromatic heterocycles. The van der Waals surface area contributed by atoms with Crippen LogP contribution in [0.25, 0.3) is 0 Å². The van der Waals surface area contributed by atoms with Crippen LogP contribution < -0.4 is 0 Å². The normalized spacial score (nSPS) is 11.0. The first-order chi connectivity index (χ1) is 5.16. The Kier molecular flexibility index (Phi) is 2.29. The first-order valence-electron chi connectivity index (χ1n) is 3.80. The summed E-state index contributed by atoms with van der Waals surface area (Å²) in [4.78, 5) is 4.11. The zero-order chi connectivity index (χ0) is 8.43. The Hall–Kier alpha value is -0.830. The molecular weight excluding hydrogens is 140 g/mol. The van der Waals surface area contributed by atoms with E-state index >= 15 is 0 Å². The largest absolute Gasteiger partial charge is 0.390 e. The average molecular weight is 154 g/mol. The van der Waals surface area contributed by atoms with Crippen LogP contribution in [0.3, 0.4) is 0 Å². The van der Waals surface area contributed by atoms with Crippen molar-refractivity contribution in [1.82, 2.24) is 9.55 Å². The van der Waals surface area contributed by atoms with Gasteiger partial charge in [0.05, 0.1) is 18.5 Å². The maximum atomic E-state index is 8.92. The molecule has 0 unspecified atom stereocenters. The van der Waals surface area contributed by atoms with Crippen molar-refractivity contribution < 1.29 is 5.11 Å². The molecule has 0 bridgehead atoms. The lowest BCUT2D eigenvalue weighted by Gasteiger charge is -2.12. The van der Waals surface area contributed by atoms with Crippen molar-refractivity contribution in [3.8, 4) is 0 Å². The number of aromatic nitrogens is 2. The highest BCUT2D eigenvalue weighted by atomic mass is 16.3. The third-order valence-corrected chi connectivity index (χ3v) is 1.74. The zero-order valence-corrected chi connectivity index (χ0v) is 7.20. The quantitative estimate of drug-likeness (QED) is 0.696. The molecule has 0 aliphatic rings. The molecule has 3 heteroatoms. The molecule has 0 saturated carbocycles. The molecule has 0 fully saturated rings. The van der Waals surface area contributed by atoms with Crippen LogP contribution in [0.5, 0.6) is 0 Å². The lowest BCUT2D eigenvalue weighted by atomic mass is 10.3. The highest BCUT2D eigenvalue weighted by Crippen LogP contribution is 2.12. The van der Waals surface area contributed by atoms with Gasteiger partial charge >= 0.3 is 0 Å². The first kappa shape index (κ1) is 8.27. The average Bonchev–Trinajstić information content (AvgIpc) is 2.30. The zero-order valence-electron chi connectivity index (χ0n) is 7.20. The van der Waals surface area contributed by atoms with Gasteiger partial charge in [0.15, 0.2) is 0 Å². The maximum absolute atomic E-state index is 8.92. The van der Waals surface area contributed by atoms with E-state index in [0.29, 0.717) is 6.04 Å². The van der Waals surface area contributed by atoms with Crippen molar-refractivity contribution in [2.24, 2.45) is 0 Å². The second-order valence-corrected chi connectivity index (χ2v) is 2.92. The monoisotopic (exact) mass is 154 g/mol. The van der Waals surface area contributed by atoms with Crippen molar-refractivity contribution in [1.29, 1.82) is 0 Å². The maximum Gasteiger partial charge on any atom is 0.106 e. The standard InChI is InChI=1S/C8H14N2O/c1-6(2)10-7(3)9-4-8(10)5-11/h4,6,11H,5H2,1-3H3.